The molecule has 0 spiro atoms. The Hall–Kier alpha value is -6.26. The summed E-state index contributed by atoms with van der Waals surface area (Å²) in [5, 5.41) is 16.8. The van der Waals surface area contributed by atoms with Crippen molar-refractivity contribution in [3.8, 4) is 0 Å². The number of hydrogen-bond acceptors (Lipinski definition) is 4. The maximum absolute atomic E-state index is 12.8. The Balaban J connectivity index is 0.000000138. The number of carbonyl (C=O) groups excluding carboxylic acids is 2. The van der Waals surface area contributed by atoms with E-state index < -0.39 is 0 Å². The van der Waals surface area contributed by atoms with Gasteiger partial charge in [0.2, 0.25) is 0 Å². The number of hydrogen-bond donors (Lipinski definition) is 2. The van der Waals surface area contributed by atoms with Crippen LogP contribution in [0.2, 0.25) is 0 Å². The number of carbonyl (C=O) groups is 2. The molecule has 0 fully saturated rings. The van der Waals surface area contributed by atoms with E-state index in [0.717, 1.165) is 22.5 Å². The predicted octanol–water partition coefficient (Wildman–Crippen LogP) is 10.3. The minimum absolute atomic E-state index is 0.181. The Labute approximate surface area is 303 Å². The first-order chi connectivity index (χ1) is 25.6. The van der Waals surface area contributed by atoms with Gasteiger partial charge in [0.25, 0.3) is 0 Å². The molecule has 0 saturated carbocycles. The van der Waals surface area contributed by atoms with Crippen LogP contribution in [0.25, 0.3) is 43.1 Å². The second-order valence-electron chi connectivity index (χ2n) is 14.0. The molecule has 252 valence electrons. The molecule has 4 heteroatoms. The number of nitrogens with one attached hydrogen (secondary N) is 2. The first-order valence-electron chi connectivity index (χ1n) is 18.1. The van der Waals surface area contributed by atoms with Crippen molar-refractivity contribution in [1.82, 2.24) is 0 Å². The van der Waals surface area contributed by atoms with E-state index in [0.29, 0.717) is 25.7 Å². The second-order valence-corrected chi connectivity index (χ2v) is 14.0. The number of para-hydroxylation sites is 2. The van der Waals surface area contributed by atoms with Crippen molar-refractivity contribution in [2.75, 3.05) is 10.6 Å². The van der Waals surface area contributed by atoms with Gasteiger partial charge in [0.1, 0.15) is 0 Å². The molecule has 0 unspecified atom stereocenters. The molecule has 4 nitrogen and oxygen atoms in total. The lowest BCUT2D eigenvalue weighted by Crippen LogP contribution is -2.37. The number of benzene rings is 8. The molecule has 10 rings (SSSR count). The quantitative estimate of drug-likeness (QED) is 0.183. The minimum atomic E-state index is -0.181. The van der Waals surface area contributed by atoms with Crippen LogP contribution in [0.1, 0.15) is 22.3 Å². The van der Waals surface area contributed by atoms with E-state index in [1.165, 1.54) is 54.2 Å². The van der Waals surface area contributed by atoms with Crippen molar-refractivity contribution in [2.24, 2.45) is 0 Å². The highest BCUT2D eigenvalue weighted by molar-refractivity contribution is 6.05. The van der Waals surface area contributed by atoms with E-state index in [9.17, 15) is 9.59 Å². The Morgan fingerprint density at radius 1 is 0.404 bits per heavy atom. The summed E-state index contributed by atoms with van der Waals surface area (Å²) >= 11 is 0. The molecule has 2 aliphatic rings. The molecule has 0 amide bonds. The average Bonchev–Trinajstić information content (AvgIpc) is 3.18. The molecule has 0 saturated heterocycles. The highest BCUT2D eigenvalue weighted by Gasteiger charge is 2.28. The second kappa shape index (κ2) is 13.5. The lowest BCUT2D eigenvalue weighted by molar-refractivity contribution is -0.120. The Morgan fingerprint density at radius 3 is 1.08 bits per heavy atom. The largest absolute Gasteiger partial charge is 0.375 e. The van der Waals surface area contributed by atoms with Crippen molar-refractivity contribution >= 4 is 66.0 Å². The Kier molecular flexibility index (Phi) is 8.21. The monoisotopic (exact) mass is 674 g/mol. The highest BCUT2D eigenvalue weighted by Crippen LogP contribution is 2.33. The fraction of sp³-hybridized carbons (Fsp3) is 0.125. The van der Waals surface area contributed by atoms with Gasteiger partial charge in [-0.15, -0.1) is 0 Å². The summed E-state index contributed by atoms with van der Waals surface area (Å²) in [6.45, 7) is 0. The zero-order valence-corrected chi connectivity index (χ0v) is 28.8. The zero-order valence-electron chi connectivity index (χ0n) is 28.8. The molecule has 0 radical (unpaired) electrons. The van der Waals surface area contributed by atoms with E-state index in [2.05, 4.69) is 132 Å². The summed E-state index contributed by atoms with van der Waals surface area (Å²) in [5.74, 6) is 0.529. The van der Waals surface area contributed by atoms with Gasteiger partial charge in [0, 0.05) is 37.1 Å². The lowest BCUT2D eigenvalue weighted by Gasteiger charge is -2.27. The van der Waals surface area contributed by atoms with Crippen molar-refractivity contribution in [3.05, 3.63) is 180 Å². The van der Waals surface area contributed by atoms with Gasteiger partial charge in [-0.2, -0.15) is 0 Å². The molecular formula is C48H38N2O2. The Bertz CT molecular complexity index is 2370. The number of Topliss-reactive ketones (excluding diaryl/α,β-unsaturated/α-hetero) is 2. The first kappa shape index (κ1) is 31.7. The van der Waals surface area contributed by atoms with Crippen molar-refractivity contribution in [1.29, 1.82) is 0 Å². The van der Waals surface area contributed by atoms with E-state index >= 15 is 0 Å². The van der Waals surface area contributed by atoms with Crippen LogP contribution in [0.5, 0.6) is 0 Å². The van der Waals surface area contributed by atoms with Gasteiger partial charge >= 0.3 is 0 Å². The minimum Gasteiger partial charge on any atom is -0.375 e. The van der Waals surface area contributed by atoms with Crippen LogP contribution in [-0.2, 0) is 35.3 Å². The molecule has 2 aliphatic heterocycles. The summed E-state index contributed by atoms with van der Waals surface area (Å²) in [5.41, 5.74) is 6.87. The molecule has 8 aromatic carbocycles. The third-order valence-electron chi connectivity index (χ3n) is 10.8. The van der Waals surface area contributed by atoms with Gasteiger partial charge in [-0.05, 0) is 89.6 Å². The normalized spacial score (nSPS) is 16.5. The molecule has 2 N–H and O–H groups in total. The van der Waals surface area contributed by atoms with E-state index in [4.69, 9.17) is 0 Å². The molecule has 52 heavy (non-hydrogen) atoms. The maximum atomic E-state index is 12.8. The van der Waals surface area contributed by atoms with Crippen LogP contribution in [0.4, 0.5) is 11.4 Å². The fourth-order valence-electron chi connectivity index (χ4n) is 8.18. The summed E-state index contributed by atoms with van der Waals surface area (Å²) in [6.07, 6.45) is 2.43. The fourth-order valence-corrected chi connectivity index (χ4v) is 8.18. The lowest BCUT2D eigenvalue weighted by atomic mass is 9.88. The average molecular weight is 675 g/mol. The predicted molar refractivity (Wildman–Crippen MR) is 215 cm³/mol. The van der Waals surface area contributed by atoms with Crippen LogP contribution >= 0.6 is 0 Å². The molecular weight excluding hydrogens is 637 g/mol. The molecule has 0 aromatic heterocycles. The van der Waals surface area contributed by atoms with Crippen molar-refractivity contribution in [2.45, 2.75) is 37.8 Å². The molecule has 2 heterocycles. The summed E-state index contributed by atoms with van der Waals surface area (Å²) in [7, 11) is 0. The summed E-state index contributed by atoms with van der Waals surface area (Å²) in [4.78, 5) is 25.5. The van der Waals surface area contributed by atoms with E-state index in [1.807, 2.05) is 36.4 Å². The zero-order chi connectivity index (χ0) is 35.0. The van der Waals surface area contributed by atoms with Gasteiger partial charge in [-0.3, -0.25) is 9.59 Å². The van der Waals surface area contributed by atoms with Gasteiger partial charge in [0.15, 0.2) is 11.6 Å². The van der Waals surface area contributed by atoms with Crippen LogP contribution < -0.4 is 10.6 Å². The van der Waals surface area contributed by atoms with Crippen LogP contribution in [0.3, 0.4) is 0 Å². The number of fused-ring (bicyclic) bond motifs is 6. The van der Waals surface area contributed by atoms with Crippen molar-refractivity contribution < 1.29 is 9.59 Å². The number of rotatable bonds is 4. The van der Waals surface area contributed by atoms with Crippen molar-refractivity contribution in [3.63, 3.8) is 0 Å². The van der Waals surface area contributed by atoms with E-state index in [-0.39, 0.29) is 23.7 Å². The van der Waals surface area contributed by atoms with Crippen LogP contribution in [-0.4, -0.2) is 23.7 Å². The van der Waals surface area contributed by atoms with Gasteiger partial charge < -0.3 is 10.6 Å². The third kappa shape index (κ3) is 5.96. The standard InChI is InChI=1S/2C24H19NO/c2*26-24-14-18-9-3-6-12-22(18)25-23(24)15-21-19-10-4-1-7-16(19)13-17-8-2-5-11-20(17)21/h2*1-13,23,25H,14-15H2/t2*23-/m10/s1. The van der Waals surface area contributed by atoms with E-state index in [1.54, 1.807) is 0 Å². The van der Waals surface area contributed by atoms with Gasteiger partial charge in [-0.25, -0.2) is 0 Å². The summed E-state index contributed by atoms with van der Waals surface area (Å²) < 4.78 is 0. The number of anilines is 2. The molecule has 8 aromatic rings. The van der Waals surface area contributed by atoms with Crippen LogP contribution in [0.15, 0.2) is 158 Å². The first-order valence-corrected chi connectivity index (χ1v) is 18.1. The van der Waals surface area contributed by atoms with Gasteiger partial charge in [0.05, 0.1) is 12.1 Å². The SMILES string of the molecule is O=C1Cc2ccccc2N[C@@H]1Cc1c2ccccc2cc2ccccc12.O=C1Cc2ccccc2N[C@H]1Cc1c2ccccc2cc2ccccc12. The molecule has 0 bridgehead atoms. The topological polar surface area (TPSA) is 58.2 Å². The smallest absolute Gasteiger partial charge is 0.159 e. The molecule has 0 aliphatic carbocycles. The Morgan fingerprint density at radius 2 is 0.712 bits per heavy atom. The third-order valence-corrected chi connectivity index (χ3v) is 10.8. The highest BCUT2D eigenvalue weighted by atomic mass is 16.1. The molecule has 2 atom stereocenters. The number of ketones is 2. The van der Waals surface area contributed by atoms with Crippen LogP contribution in [0, 0.1) is 0 Å². The summed E-state index contributed by atoms with van der Waals surface area (Å²) in [6, 6.07) is 54.2. The maximum Gasteiger partial charge on any atom is 0.159 e. The van der Waals surface area contributed by atoms with Gasteiger partial charge in [-0.1, -0.05) is 133 Å².